The second kappa shape index (κ2) is 6.35. The minimum Gasteiger partial charge on any atom is -0.296 e. The van der Waals surface area contributed by atoms with Crippen LogP contribution in [-0.2, 0) is 9.59 Å². The smallest absolute Gasteiger partial charge is 0.229 e. The number of hydrogen-bond donors (Lipinski definition) is 1. The molecule has 2 rings (SSSR count). The van der Waals surface area contributed by atoms with E-state index >= 15 is 0 Å². The van der Waals surface area contributed by atoms with Crippen LogP contribution < -0.4 is 5.32 Å². The molecule has 0 aromatic carbocycles. The van der Waals surface area contributed by atoms with E-state index in [1.54, 1.807) is 0 Å². The maximum absolute atomic E-state index is 12.0. The average Bonchev–Trinajstić information content (AvgIpc) is 2.61. The summed E-state index contributed by atoms with van der Waals surface area (Å²) in [7, 11) is 0. The second-order valence-corrected chi connectivity index (χ2v) is 5.93. The van der Waals surface area contributed by atoms with Gasteiger partial charge in [0.15, 0.2) is 0 Å². The molecule has 0 bridgehead atoms. The number of amides is 2. The molecule has 2 aliphatic rings. The van der Waals surface area contributed by atoms with E-state index in [-0.39, 0.29) is 17.7 Å². The van der Waals surface area contributed by atoms with Crippen molar-refractivity contribution in [2.24, 2.45) is 17.8 Å². The summed E-state index contributed by atoms with van der Waals surface area (Å²) in [4.78, 5) is 23.6. The van der Waals surface area contributed by atoms with E-state index in [9.17, 15) is 9.59 Å². The van der Waals surface area contributed by atoms with Crippen LogP contribution in [0, 0.1) is 17.8 Å². The monoisotopic (exact) mass is 251 g/mol. The Kier molecular flexibility index (Phi) is 4.79. The number of hydrogen-bond acceptors (Lipinski definition) is 2. The fraction of sp³-hybridized carbons (Fsp3) is 0.867. The summed E-state index contributed by atoms with van der Waals surface area (Å²) in [6, 6.07) is 0. The van der Waals surface area contributed by atoms with Gasteiger partial charge < -0.3 is 0 Å². The van der Waals surface area contributed by atoms with Crippen molar-refractivity contribution >= 4 is 11.8 Å². The van der Waals surface area contributed by atoms with Gasteiger partial charge in [0.1, 0.15) is 0 Å². The minimum atomic E-state index is -0.0541. The molecule has 3 heteroatoms. The Morgan fingerprint density at radius 2 is 1.78 bits per heavy atom. The van der Waals surface area contributed by atoms with Gasteiger partial charge in [0.05, 0.1) is 0 Å². The lowest BCUT2D eigenvalue weighted by atomic mass is 9.72. The number of piperidine rings is 1. The van der Waals surface area contributed by atoms with Crippen LogP contribution in [0.4, 0.5) is 0 Å². The normalized spacial score (nSPS) is 30.9. The summed E-state index contributed by atoms with van der Waals surface area (Å²) in [5.74, 6) is 0.920. The lowest BCUT2D eigenvalue weighted by Gasteiger charge is -2.35. The molecule has 18 heavy (non-hydrogen) atoms. The largest absolute Gasteiger partial charge is 0.296 e. The lowest BCUT2D eigenvalue weighted by Crippen LogP contribution is -2.47. The van der Waals surface area contributed by atoms with E-state index < -0.39 is 0 Å². The minimum absolute atomic E-state index is 0.0117. The van der Waals surface area contributed by atoms with E-state index in [1.807, 2.05) is 0 Å². The Bertz CT molecular complexity index is 306. The zero-order chi connectivity index (χ0) is 13.0. The molecule has 3 nitrogen and oxygen atoms in total. The Labute approximate surface area is 110 Å². The van der Waals surface area contributed by atoms with Gasteiger partial charge in [-0.05, 0) is 18.3 Å². The number of rotatable bonds is 3. The number of imide groups is 1. The average molecular weight is 251 g/mol. The first-order chi connectivity index (χ1) is 8.72. The van der Waals surface area contributed by atoms with Crippen LogP contribution in [0.1, 0.15) is 64.7 Å². The van der Waals surface area contributed by atoms with Crippen LogP contribution in [0.2, 0.25) is 0 Å². The number of carbonyl (C=O) groups is 2. The van der Waals surface area contributed by atoms with Crippen LogP contribution >= 0.6 is 0 Å². The van der Waals surface area contributed by atoms with Crippen molar-refractivity contribution in [1.82, 2.24) is 5.32 Å². The van der Waals surface area contributed by atoms with E-state index in [2.05, 4.69) is 12.2 Å². The maximum atomic E-state index is 12.0. The lowest BCUT2D eigenvalue weighted by molar-refractivity contribution is -0.140. The molecule has 1 N–H and O–H groups in total. The van der Waals surface area contributed by atoms with Gasteiger partial charge >= 0.3 is 0 Å². The molecule has 1 aliphatic heterocycles. The fourth-order valence-electron chi connectivity index (χ4n) is 3.72. The van der Waals surface area contributed by atoms with Crippen molar-refractivity contribution in [3.63, 3.8) is 0 Å². The summed E-state index contributed by atoms with van der Waals surface area (Å²) >= 11 is 0. The maximum Gasteiger partial charge on any atom is 0.229 e. The Balaban J connectivity index is 2.09. The molecule has 102 valence electrons. The Morgan fingerprint density at radius 1 is 1.11 bits per heavy atom. The predicted octanol–water partition coefficient (Wildman–Crippen LogP) is 3.04. The third kappa shape index (κ3) is 3.12. The summed E-state index contributed by atoms with van der Waals surface area (Å²) in [5.41, 5.74) is 0. The van der Waals surface area contributed by atoms with Crippen LogP contribution in [-0.4, -0.2) is 11.8 Å². The molecule has 0 radical (unpaired) electrons. The van der Waals surface area contributed by atoms with E-state index in [1.165, 1.54) is 38.5 Å². The highest BCUT2D eigenvalue weighted by atomic mass is 16.2. The van der Waals surface area contributed by atoms with Crippen LogP contribution in [0.25, 0.3) is 0 Å². The fourth-order valence-corrected chi connectivity index (χ4v) is 3.72. The molecule has 1 aliphatic carbocycles. The van der Waals surface area contributed by atoms with Crippen molar-refractivity contribution < 1.29 is 9.59 Å². The van der Waals surface area contributed by atoms with Crippen molar-refractivity contribution in [1.29, 1.82) is 0 Å². The van der Waals surface area contributed by atoms with Gasteiger partial charge in [-0.1, -0.05) is 51.9 Å². The standard InChI is InChI=1S/C15H25NO2/c1-2-7-12-13(10-14(17)16-15(12)18)11-8-5-3-4-6-9-11/h11-13H,2-10H2,1H3,(H,16,17,18). The predicted molar refractivity (Wildman–Crippen MR) is 70.8 cm³/mol. The first kappa shape index (κ1) is 13.6. The van der Waals surface area contributed by atoms with Gasteiger partial charge in [-0.2, -0.15) is 0 Å². The van der Waals surface area contributed by atoms with E-state index in [0.29, 0.717) is 18.3 Å². The van der Waals surface area contributed by atoms with Crippen LogP contribution in [0.5, 0.6) is 0 Å². The molecule has 1 heterocycles. The first-order valence-corrected chi connectivity index (χ1v) is 7.56. The molecular weight excluding hydrogens is 226 g/mol. The Morgan fingerprint density at radius 3 is 2.39 bits per heavy atom. The summed E-state index contributed by atoms with van der Waals surface area (Å²) in [5, 5.41) is 2.52. The third-order valence-electron chi connectivity index (χ3n) is 4.64. The van der Waals surface area contributed by atoms with Crippen LogP contribution in [0.15, 0.2) is 0 Å². The molecule has 1 saturated heterocycles. The molecular formula is C15H25NO2. The zero-order valence-corrected chi connectivity index (χ0v) is 11.4. The van der Waals surface area contributed by atoms with Gasteiger partial charge in [0, 0.05) is 12.3 Å². The number of carbonyl (C=O) groups excluding carboxylic acids is 2. The number of nitrogens with one attached hydrogen (secondary N) is 1. The SMILES string of the molecule is CCCC1C(=O)NC(=O)CC1C1CCCCCC1. The van der Waals surface area contributed by atoms with Crippen molar-refractivity contribution in [2.45, 2.75) is 64.7 Å². The quantitative estimate of drug-likeness (QED) is 0.619. The van der Waals surface area contributed by atoms with Crippen molar-refractivity contribution in [3.05, 3.63) is 0 Å². The van der Waals surface area contributed by atoms with Crippen LogP contribution in [0.3, 0.4) is 0 Å². The van der Waals surface area contributed by atoms with Gasteiger partial charge in [-0.3, -0.25) is 14.9 Å². The Hall–Kier alpha value is -0.860. The van der Waals surface area contributed by atoms with E-state index in [0.717, 1.165) is 12.8 Å². The molecule has 0 aromatic heterocycles. The summed E-state index contributed by atoms with van der Waals surface area (Å²) in [6.45, 7) is 2.12. The second-order valence-electron chi connectivity index (χ2n) is 5.93. The zero-order valence-electron chi connectivity index (χ0n) is 11.4. The highest BCUT2D eigenvalue weighted by Gasteiger charge is 2.39. The van der Waals surface area contributed by atoms with Gasteiger partial charge in [-0.15, -0.1) is 0 Å². The topological polar surface area (TPSA) is 46.2 Å². The summed E-state index contributed by atoms with van der Waals surface area (Å²) < 4.78 is 0. The van der Waals surface area contributed by atoms with Crippen molar-refractivity contribution in [2.75, 3.05) is 0 Å². The van der Waals surface area contributed by atoms with Gasteiger partial charge in [0.2, 0.25) is 11.8 Å². The molecule has 0 spiro atoms. The molecule has 2 amide bonds. The third-order valence-corrected chi connectivity index (χ3v) is 4.64. The molecule has 2 unspecified atom stereocenters. The van der Waals surface area contributed by atoms with Gasteiger partial charge in [0.25, 0.3) is 0 Å². The molecule has 0 aromatic rings. The first-order valence-electron chi connectivity index (χ1n) is 7.56. The van der Waals surface area contributed by atoms with Crippen molar-refractivity contribution in [3.8, 4) is 0 Å². The molecule has 2 atom stereocenters. The highest BCUT2D eigenvalue weighted by molar-refractivity contribution is 5.99. The van der Waals surface area contributed by atoms with E-state index in [4.69, 9.17) is 0 Å². The molecule has 1 saturated carbocycles. The molecule has 2 fully saturated rings. The van der Waals surface area contributed by atoms with Gasteiger partial charge in [-0.25, -0.2) is 0 Å². The summed E-state index contributed by atoms with van der Waals surface area (Å²) in [6.07, 6.45) is 10.1. The highest BCUT2D eigenvalue weighted by Crippen LogP contribution is 2.38.